The van der Waals surface area contributed by atoms with Crippen LogP contribution in [0.2, 0.25) is 5.02 Å². The summed E-state index contributed by atoms with van der Waals surface area (Å²) in [5.74, 6) is 0. The number of halogens is 1. The van der Waals surface area contributed by atoms with Gasteiger partial charge in [0.2, 0.25) is 0 Å². The van der Waals surface area contributed by atoms with E-state index in [4.69, 9.17) is 11.6 Å². The SMILES string of the molecule is OC1(c2cc(Cl)c3cc[nH]c3c2)CC1. The zero-order valence-electron chi connectivity index (χ0n) is 7.55. The lowest BCUT2D eigenvalue weighted by Crippen LogP contribution is -2.03. The molecule has 1 aromatic heterocycles. The van der Waals surface area contributed by atoms with E-state index in [1.807, 2.05) is 24.4 Å². The summed E-state index contributed by atoms with van der Waals surface area (Å²) in [7, 11) is 0. The zero-order chi connectivity index (χ0) is 9.76. The van der Waals surface area contributed by atoms with E-state index in [9.17, 15) is 5.11 Å². The monoisotopic (exact) mass is 207 g/mol. The lowest BCUT2D eigenvalue weighted by atomic mass is 10.1. The van der Waals surface area contributed by atoms with Gasteiger partial charge < -0.3 is 10.1 Å². The molecular weight excluding hydrogens is 198 g/mol. The van der Waals surface area contributed by atoms with Crippen LogP contribution in [-0.4, -0.2) is 10.1 Å². The molecule has 0 bridgehead atoms. The van der Waals surface area contributed by atoms with Crippen LogP contribution in [-0.2, 0) is 5.60 Å². The second-order valence-corrected chi connectivity index (χ2v) is 4.34. The van der Waals surface area contributed by atoms with Crippen molar-refractivity contribution in [3.63, 3.8) is 0 Å². The maximum atomic E-state index is 9.95. The zero-order valence-corrected chi connectivity index (χ0v) is 8.30. The molecule has 3 heteroatoms. The first-order valence-corrected chi connectivity index (χ1v) is 5.06. The third-order valence-corrected chi connectivity index (χ3v) is 3.19. The molecular formula is C11H10ClNO. The molecule has 1 fully saturated rings. The molecule has 1 aliphatic carbocycles. The molecule has 1 saturated carbocycles. The number of aliphatic hydroxyl groups is 1. The van der Waals surface area contributed by atoms with Crippen LogP contribution >= 0.6 is 11.6 Å². The van der Waals surface area contributed by atoms with Crippen LogP contribution in [0.15, 0.2) is 24.4 Å². The first kappa shape index (κ1) is 8.33. The fourth-order valence-corrected chi connectivity index (χ4v) is 2.08. The van der Waals surface area contributed by atoms with Crippen LogP contribution in [0.5, 0.6) is 0 Å². The predicted octanol–water partition coefficient (Wildman–Crippen LogP) is 2.80. The first-order chi connectivity index (χ1) is 6.69. The van der Waals surface area contributed by atoms with Gasteiger partial charge in [0.1, 0.15) is 0 Å². The van der Waals surface area contributed by atoms with Crippen molar-refractivity contribution in [3.8, 4) is 0 Å². The van der Waals surface area contributed by atoms with Gasteiger partial charge in [-0.2, -0.15) is 0 Å². The summed E-state index contributed by atoms with van der Waals surface area (Å²) >= 11 is 6.11. The first-order valence-electron chi connectivity index (χ1n) is 4.69. The Morgan fingerprint density at radius 2 is 2.14 bits per heavy atom. The van der Waals surface area contributed by atoms with E-state index in [0.717, 1.165) is 29.3 Å². The highest BCUT2D eigenvalue weighted by Crippen LogP contribution is 2.46. The van der Waals surface area contributed by atoms with Crippen molar-refractivity contribution in [1.82, 2.24) is 4.98 Å². The van der Waals surface area contributed by atoms with E-state index in [1.165, 1.54) is 0 Å². The van der Waals surface area contributed by atoms with E-state index in [0.29, 0.717) is 5.02 Å². The van der Waals surface area contributed by atoms with Crippen LogP contribution in [0.1, 0.15) is 18.4 Å². The molecule has 0 saturated heterocycles. The number of hydrogen-bond donors (Lipinski definition) is 2. The molecule has 0 aliphatic heterocycles. The summed E-state index contributed by atoms with van der Waals surface area (Å²) in [5.41, 5.74) is 1.31. The standard InChI is InChI=1S/C11H10ClNO/c12-9-5-7(11(14)2-3-11)6-10-8(9)1-4-13-10/h1,4-6,13-14H,2-3H2. The summed E-state index contributed by atoms with van der Waals surface area (Å²) in [6, 6.07) is 5.79. The van der Waals surface area contributed by atoms with E-state index in [-0.39, 0.29) is 0 Å². The van der Waals surface area contributed by atoms with Crippen LogP contribution in [0.4, 0.5) is 0 Å². The molecule has 1 heterocycles. The fourth-order valence-electron chi connectivity index (χ4n) is 1.80. The predicted molar refractivity (Wildman–Crippen MR) is 56.4 cm³/mol. The van der Waals surface area contributed by atoms with Crippen molar-refractivity contribution < 1.29 is 5.11 Å². The van der Waals surface area contributed by atoms with Gasteiger partial charge in [0.15, 0.2) is 0 Å². The highest BCUT2D eigenvalue weighted by molar-refractivity contribution is 6.35. The summed E-state index contributed by atoms with van der Waals surface area (Å²) in [6.07, 6.45) is 3.54. The van der Waals surface area contributed by atoms with Gasteiger partial charge in [-0.05, 0) is 36.6 Å². The summed E-state index contributed by atoms with van der Waals surface area (Å²) in [6.45, 7) is 0. The Morgan fingerprint density at radius 3 is 2.86 bits per heavy atom. The number of aromatic nitrogens is 1. The maximum Gasteiger partial charge on any atom is 0.0900 e. The molecule has 72 valence electrons. The van der Waals surface area contributed by atoms with Crippen molar-refractivity contribution >= 4 is 22.5 Å². The van der Waals surface area contributed by atoms with Gasteiger partial charge in [0.25, 0.3) is 0 Å². The normalized spacial score (nSPS) is 18.7. The van der Waals surface area contributed by atoms with Gasteiger partial charge >= 0.3 is 0 Å². The number of benzene rings is 1. The van der Waals surface area contributed by atoms with Crippen LogP contribution in [0, 0.1) is 0 Å². The second kappa shape index (κ2) is 2.53. The Labute approximate surface area is 86.5 Å². The highest BCUT2D eigenvalue weighted by atomic mass is 35.5. The van der Waals surface area contributed by atoms with Gasteiger partial charge in [0.05, 0.1) is 10.6 Å². The third-order valence-electron chi connectivity index (χ3n) is 2.88. The fraction of sp³-hybridized carbons (Fsp3) is 0.273. The molecule has 0 unspecified atom stereocenters. The van der Waals surface area contributed by atoms with E-state index in [1.54, 1.807) is 0 Å². The lowest BCUT2D eigenvalue weighted by molar-refractivity contribution is 0.151. The summed E-state index contributed by atoms with van der Waals surface area (Å²) < 4.78 is 0. The topological polar surface area (TPSA) is 36.0 Å². The van der Waals surface area contributed by atoms with Crippen LogP contribution < -0.4 is 0 Å². The number of fused-ring (bicyclic) bond motifs is 1. The Morgan fingerprint density at radius 1 is 1.36 bits per heavy atom. The van der Waals surface area contributed by atoms with Gasteiger partial charge in [-0.25, -0.2) is 0 Å². The van der Waals surface area contributed by atoms with Crippen LogP contribution in [0.3, 0.4) is 0 Å². The van der Waals surface area contributed by atoms with Gasteiger partial charge in [-0.1, -0.05) is 11.6 Å². The van der Waals surface area contributed by atoms with Crippen molar-refractivity contribution in [2.45, 2.75) is 18.4 Å². The Balaban J connectivity index is 2.27. The summed E-state index contributed by atoms with van der Waals surface area (Å²) in [4.78, 5) is 3.11. The number of nitrogens with one attached hydrogen (secondary N) is 1. The van der Waals surface area contributed by atoms with Crippen molar-refractivity contribution in [2.24, 2.45) is 0 Å². The molecule has 0 spiro atoms. The minimum Gasteiger partial charge on any atom is -0.385 e. The highest BCUT2D eigenvalue weighted by Gasteiger charge is 2.42. The minimum atomic E-state index is -0.608. The average Bonchev–Trinajstić information content (AvgIpc) is 2.75. The quantitative estimate of drug-likeness (QED) is 0.741. The molecule has 2 N–H and O–H groups in total. The molecule has 0 atom stereocenters. The average molecular weight is 208 g/mol. The molecule has 0 amide bonds. The van der Waals surface area contributed by atoms with Gasteiger partial charge in [-0.3, -0.25) is 0 Å². The van der Waals surface area contributed by atoms with E-state index < -0.39 is 5.60 Å². The van der Waals surface area contributed by atoms with Crippen molar-refractivity contribution in [1.29, 1.82) is 0 Å². The number of rotatable bonds is 1. The second-order valence-electron chi connectivity index (χ2n) is 3.93. The largest absolute Gasteiger partial charge is 0.385 e. The maximum absolute atomic E-state index is 9.95. The van der Waals surface area contributed by atoms with Crippen LogP contribution in [0.25, 0.3) is 10.9 Å². The van der Waals surface area contributed by atoms with Crippen molar-refractivity contribution in [2.75, 3.05) is 0 Å². The molecule has 1 aromatic carbocycles. The molecule has 3 rings (SSSR count). The molecule has 2 aromatic rings. The third kappa shape index (κ3) is 1.08. The number of hydrogen-bond acceptors (Lipinski definition) is 1. The Kier molecular flexibility index (Phi) is 1.50. The Bertz CT molecular complexity index is 499. The number of H-pyrrole nitrogens is 1. The van der Waals surface area contributed by atoms with Gasteiger partial charge in [-0.15, -0.1) is 0 Å². The summed E-state index contributed by atoms with van der Waals surface area (Å²) in [5, 5.41) is 11.7. The van der Waals surface area contributed by atoms with Gasteiger partial charge in [0, 0.05) is 17.1 Å². The van der Waals surface area contributed by atoms with E-state index in [2.05, 4.69) is 4.98 Å². The molecule has 2 nitrogen and oxygen atoms in total. The van der Waals surface area contributed by atoms with Crippen molar-refractivity contribution in [3.05, 3.63) is 35.0 Å². The smallest absolute Gasteiger partial charge is 0.0900 e. The number of aromatic amines is 1. The molecule has 1 aliphatic rings. The van der Waals surface area contributed by atoms with E-state index >= 15 is 0 Å². The molecule has 14 heavy (non-hydrogen) atoms. The molecule has 0 radical (unpaired) electrons. The lowest BCUT2D eigenvalue weighted by Gasteiger charge is -2.08. The Hall–Kier alpha value is -0.990. The minimum absolute atomic E-state index is 0.608.